The molecule has 33 heavy (non-hydrogen) atoms. The van der Waals surface area contributed by atoms with Crippen LogP contribution >= 0.6 is 35.6 Å². The molecule has 1 unspecified atom stereocenters. The van der Waals surface area contributed by atoms with Gasteiger partial charge < -0.3 is 9.64 Å². The van der Waals surface area contributed by atoms with Gasteiger partial charge in [-0.1, -0.05) is 35.3 Å². The maximum absolute atomic E-state index is 12.3. The minimum atomic E-state index is -0.691. The number of hydrogen-bond donors (Lipinski definition) is 1. The Bertz CT molecular complexity index is 1190. The van der Waals surface area contributed by atoms with E-state index in [9.17, 15) is 14.9 Å². The van der Waals surface area contributed by atoms with Crippen molar-refractivity contribution in [2.75, 3.05) is 18.9 Å². The molecule has 1 atom stereocenters. The number of likely N-dealkylation sites (N-methyl/N-ethyl adjacent to an activating group) is 1. The first-order chi connectivity index (χ1) is 15.3. The number of benzene rings is 3. The van der Waals surface area contributed by atoms with Crippen LogP contribution in [-0.2, 0) is 6.54 Å². The first-order valence-corrected chi connectivity index (χ1v) is 10.6. The predicted octanol–water partition coefficient (Wildman–Crippen LogP) is 6.51. The Hall–Kier alpha value is -2.84. The van der Waals surface area contributed by atoms with Gasteiger partial charge in [0.05, 0.1) is 4.92 Å². The summed E-state index contributed by atoms with van der Waals surface area (Å²) in [6.07, 6.45) is -0.691. The number of amides is 1. The second-order valence-electron chi connectivity index (χ2n) is 7.60. The van der Waals surface area contributed by atoms with Gasteiger partial charge >= 0.3 is 6.09 Å². The lowest BCUT2D eigenvalue weighted by Gasteiger charge is -2.33. The Morgan fingerprint density at radius 2 is 1.88 bits per heavy atom. The van der Waals surface area contributed by atoms with Crippen LogP contribution in [0.15, 0.2) is 60.7 Å². The van der Waals surface area contributed by atoms with Crippen LogP contribution in [0.5, 0.6) is 5.75 Å². The quantitative estimate of drug-likeness (QED) is 0.321. The summed E-state index contributed by atoms with van der Waals surface area (Å²) in [7, 11) is 2.03. The zero-order chi connectivity index (χ0) is 22.8. The number of hydrogen-bond acceptors (Lipinski definition) is 5. The van der Waals surface area contributed by atoms with Gasteiger partial charge in [-0.15, -0.1) is 12.4 Å². The summed E-state index contributed by atoms with van der Waals surface area (Å²) >= 11 is 12.7. The van der Waals surface area contributed by atoms with Crippen molar-refractivity contribution in [1.29, 1.82) is 0 Å². The number of carbonyl (C=O) groups excluding carboxylic acids is 1. The number of ether oxygens (including phenoxy) is 1. The molecule has 0 fully saturated rings. The maximum Gasteiger partial charge on any atom is 0.417 e. The molecule has 4 rings (SSSR count). The summed E-state index contributed by atoms with van der Waals surface area (Å²) in [4.78, 5) is 24.7. The molecule has 0 aromatic heterocycles. The monoisotopic (exact) mass is 507 g/mol. The Balaban J connectivity index is 0.00000306. The van der Waals surface area contributed by atoms with E-state index in [0.717, 1.165) is 29.8 Å². The third-order valence-corrected chi connectivity index (χ3v) is 5.84. The third kappa shape index (κ3) is 5.75. The van der Waals surface area contributed by atoms with E-state index >= 15 is 0 Å². The highest BCUT2D eigenvalue weighted by Gasteiger charge is 2.27. The lowest BCUT2D eigenvalue weighted by molar-refractivity contribution is -0.384. The predicted molar refractivity (Wildman–Crippen MR) is 131 cm³/mol. The highest BCUT2D eigenvalue weighted by atomic mass is 35.5. The first-order valence-electron chi connectivity index (χ1n) is 9.80. The van der Waals surface area contributed by atoms with Crippen LogP contribution in [0.4, 0.5) is 16.2 Å². The van der Waals surface area contributed by atoms with E-state index in [1.54, 1.807) is 12.1 Å². The van der Waals surface area contributed by atoms with Gasteiger partial charge in [0.15, 0.2) is 0 Å². The van der Waals surface area contributed by atoms with Crippen LogP contribution in [0.25, 0.3) is 0 Å². The Morgan fingerprint density at radius 3 is 2.58 bits per heavy atom. The van der Waals surface area contributed by atoms with E-state index < -0.39 is 11.0 Å². The van der Waals surface area contributed by atoms with Crippen LogP contribution in [0, 0.1) is 10.1 Å². The minimum absolute atomic E-state index is 0. The van der Waals surface area contributed by atoms with Gasteiger partial charge in [-0.25, -0.2) is 4.79 Å². The number of non-ortho nitro benzene ring substituents is 1. The molecule has 1 heterocycles. The number of rotatable bonds is 4. The Morgan fingerprint density at radius 1 is 1.15 bits per heavy atom. The molecule has 1 amide bonds. The summed E-state index contributed by atoms with van der Waals surface area (Å²) in [6, 6.07) is 16.5. The van der Waals surface area contributed by atoms with Crippen LogP contribution in [0.3, 0.4) is 0 Å². The molecule has 0 radical (unpaired) electrons. The van der Waals surface area contributed by atoms with Crippen molar-refractivity contribution in [2.24, 2.45) is 0 Å². The SMILES string of the molecule is CN1Cc2c(Cl)cc(Cl)cc2C(c2cccc(NC(=O)Oc3ccc([N+](=O)[O-])cc3)c2)C1.Cl. The summed E-state index contributed by atoms with van der Waals surface area (Å²) in [5, 5.41) is 14.7. The van der Waals surface area contributed by atoms with Gasteiger partial charge in [-0.3, -0.25) is 15.4 Å². The molecule has 0 aliphatic carbocycles. The second-order valence-corrected chi connectivity index (χ2v) is 8.44. The smallest absolute Gasteiger partial charge is 0.410 e. The summed E-state index contributed by atoms with van der Waals surface area (Å²) in [6.45, 7) is 1.52. The van der Waals surface area contributed by atoms with Gasteiger partial charge in [-0.05, 0) is 60.1 Å². The van der Waals surface area contributed by atoms with E-state index in [1.165, 1.54) is 24.3 Å². The van der Waals surface area contributed by atoms with Gasteiger partial charge in [-0.2, -0.15) is 0 Å². The average Bonchev–Trinajstić information content (AvgIpc) is 2.74. The lowest BCUT2D eigenvalue weighted by Crippen LogP contribution is -2.31. The number of halogens is 3. The topological polar surface area (TPSA) is 84.7 Å². The molecule has 1 N–H and O–H groups in total. The van der Waals surface area contributed by atoms with Crippen molar-refractivity contribution in [3.8, 4) is 5.75 Å². The van der Waals surface area contributed by atoms with Crippen molar-refractivity contribution >= 4 is 53.1 Å². The molecule has 1 aliphatic rings. The van der Waals surface area contributed by atoms with E-state index in [0.29, 0.717) is 15.7 Å². The first kappa shape index (κ1) is 24.8. The lowest BCUT2D eigenvalue weighted by atomic mass is 9.84. The molecule has 0 saturated carbocycles. The van der Waals surface area contributed by atoms with E-state index in [2.05, 4.69) is 10.2 Å². The molecule has 7 nitrogen and oxygen atoms in total. The molecule has 10 heteroatoms. The van der Waals surface area contributed by atoms with Crippen LogP contribution in [-0.4, -0.2) is 29.5 Å². The standard InChI is InChI=1S/C23H19Cl2N3O4.ClH/c1-27-12-20(19-10-15(24)11-22(25)21(19)13-27)14-3-2-4-16(9-14)26-23(29)32-18-7-5-17(6-8-18)28(30)31;/h2-11,20H,12-13H2,1H3,(H,26,29);1H. The second kappa shape index (κ2) is 10.4. The highest BCUT2D eigenvalue weighted by Crippen LogP contribution is 2.38. The average molecular weight is 509 g/mol. The highest BCUT2D eigenvalue weighted by molar-refractivity contribution is 6.35. The summed E-state index contributed by atoms with van der Waals surface area (Å²) < 4.78 is 5.23. The molecule has 3 aromatic carbocycles. The molecule has 3 aromatic rings. The molecular weight excluding hydrogens is 489 g/mol. The number of nitro benzene ring substituents is 1. The van der Waals surface area contributed by atoms with Crippen LogP contribution in [0.2, 0.25) is 10.0 Å². The Labute approximate surface area is 206 Å². The molecule has 172 valence electrons. The van der Waals surface area contributed by atoms with Crippen LogP contribution < -0.4 is 10.1 Å². The van der Waals surface area contributed by atoms with Crippen molar-refractivity contribution in [2.45, 2.75) is 12.5 Å². The van der Waals surface area contributed by atoms with E-state index in [4.69, 9.17) is 27.9 Å². The number of fused-ring (bicyclic) bond motifs is 1. The van der Waals surface area contributed by atoms with Gasteiger partial charge in [0.2, 0.25) is 0 Å². The van der Waals surface area contributed by atoms with Crippen molar-refractivity contribution in [3.63, 3.8) is 0 Å². The van der Waals surface area contributed by atoms with Crippen molar-refractivity contribution in [3.05, 3.63) is 97.5 Å². The normalized spacial score (nSPS) is 15.2. The summed E-state index contributed by atoms with van der Waals surface area (Å²) in [5.74, 6) is 0.240. The van der Waals surface area contributed by atoms with E-state index in [1.807, 2.05) is 31.3 Å². The maximum atomic E-state index is 12.3. The zero-order valence-corrected chi connectivity index (χ0v) is 19.8. The number of anilines is 1. The molecule has 0 spiro atoms. The van der Waals surface area contributed by atoms with Crippen molar-refractivity contribution < 1.29 is 14.5 Å². The van der Waals surface area contributed by atoms with Gasteiger partial charge in [0, 0.05) is 46.9 Å². The Kier molecular flexibility index (Phi) is 7.81. The fourth-order valence-electron chi connectivity index (χ4n) is 3.85. The van der Waals surface area contributed by atoms with Gasteiger partial charge in [0.1, 0.15) is 5.75 Å². The fraction of sp³-hybridized carbons (Fsp3) is 0.174. The van der Waals surface area contributed by atoms with Gasteiger partial charge in [0.25, 0.3) is 5.69 Å². The van der Waals surface area contributed by atoms with Crippen LogP contribution in [0.1, 0.15) is 22.6 Å². The van der Waals surface area contributed by atoms with E-state index in [-0.39, 0.29) is 29.8 Å². The molecular formula is C23H20Cl3N3O4. The zero-order valence-electron chi connectivity index (χ0n) is 17.5. The number of nitrogens with zero attached hydrogens (tertiary/aromatic N) is 2. The fourth-order valence-corrected chi connectivity index (χ4v) is 4.42. The molecule has 0 saturated heterocycles. The third-order valence-electron chi connectivity index (χ3n) is 5.29. The number of carbonyl (C=O) groups is 1. The number of nitrogens with one attached hydrogen (secondary N) is 1. The summed E-state index contributed by atoms with van der Waals surface area (Å²) in [5.41, 5.74) is 3.61. The molecule has 0 bridgehead atoms. The largest absolute Gasteiger partial charge is 0.417 e. The van der Waals surface area contributed by atoms with Crippen molar-refractivity contribution in [1.82, 2.24) is 4.90 Å². The molecule has 1 aliphatic heterocycles. The minimum Gasteiger partial charge on any atom is -0.410 e. The number of nitro groups is 1.